The maximum atomic E-state index is 13.3. The molecular weight excluding hydrogens is 356 g/mol. The van der Waals surface area contributed by atoms with Gasteiger partial charge in [-0.05, 0) is 24.6 Å². The molecule has 3 aliphatic heterocycles. The molecule has 2 saturated heterocycles. The van der Waals surface area contributed by atoms with E-state index in [0.29, 0.717) is 19.9 Å². The Morgan fingerprint density at radius 1 is 0.964 bits per heavy atom. The zero-order valence-corrected chi connectivity index (χ0v) is 15.8. The first-order chi connectivity index (χ1) is 13.8. The molecule has 0 aliphatic carbocycles. The quantitative estimate of drug-likeness (QED) is 0.809. The number of piperazine rings is 1. The normalized spacial score (nSPS) is 21.9. The third-order valence-electron chi connectivity index (χ3n) is 5.66. The van der Waals surface area contributed by atoms with Crippen molar-refractivity contribution >= 4 is 17.4 Å². The van der Waals surface area contributed by atoms with Crippen LogP contribution in [-0.4, -0.2) is 61.9 Å². The van der Waals surface area contributed by atoms with Crippen LogP contribution < -0.4 is 9.80 Å². The molecule has 3 aliphatic rings. The van der Waals surface area contributed by atoms with Gasteiger partial charge in [0.25, 0.3) is 11.7 Å². The molecule has 2 aromatic rings. The minimum atomic E-state index is -1.26. The lowest BCUT2D eigenvalue weighted by Gasteiger charge is -2.38. The molecule has 7 heteroatoms. The van der Waals surface area contributed by atoms with Crippen molar-refractivity contribution in [1.29, 1.82) is 0 Å². The topological polar surface area (TPSA) is 58.1 Å². The number of nitrogens with zero attached hydrogens (tertiary/aromatic N) is 4. The van der Waals surface area contributed by atoms with Gasteiger partial charge in [-0.25, -0.2) is 4.98 Å². The number of fused-ring (bicyclic) bond motifs is 2. The maximum absolute atomic E-state index is 13.3. The average molecular weight is 380 g/mol. The summed E-state index contributed by atoms with van der Waals surface area (Å²) in [5.74, 6) is -0.363. The summed E-state index contributed by atoms with van der Waals surface area (Å²) in [4.78, 5) is 24.2. The second-order valence-electron chi connectivity index (χ2n) is 7.35. The number of hydrogen-bond acceptors (Lipinski definition) is 6. The third kappa shape index (κ3) is 2.87. The first-order valence-electron chi connectivity index (χ1n) is 9.86. The van der Waals surface area contributed by atoms with Crippen molar-refractivity contribution in [3.05, 3.63) is 54.2 Å². The van der Waals surface area contributed by atoms with E-state index in [2.05, 4.69) is 14.8 Å². The minimum absolute atomic E-state index is 0.111. The van der Waals surface area contributed by atoms with Crippen molar-refractivity contribution in [2.45, 2.75) is 12.2 Å². The van der Waals surface area contributed by atoms with Crippen molar-refractivity contribution < 1.29 is 14.3 Å². The molecule has 1 spiro atoms. The summed E-state index contributed by atoms with van der Waals surface area (Å²) in [5.41, 5.74) is 1.72. The van der Waals surface area contributed by atoms with Gasteiger partial charge >= 0.3 is 0 Å². The molecule has 0 saturated carbocycles. The highest BCUT2D eigenvalue weighted by molar-refractivity contribution is 6.06. The number of para-hydroxylation sites is 1. The molecular formula is C21H24N4O3. The second kappa shape index (κ2) is 7.16. The Bertz CT molecular complexity index is 846. The fourth-order valence-corrected chi connectivity index (χ4v) is 4.20. The van der Waals surface area contributed by atoms with E-state index in [1.165, 1.54) is 0 Å². The van der Waals surface area contributed by atoms with E-state index in [1.807, 2.05) is 53.6 Å². The zero-order chi connectivity index (χ0) is 19.0. The number of carbonyl (C=O) groups is 1. The van der Waals surface area contributed by atoms with Gasteiger partial charge in [-0.1, -0.05) is 24.3 Å². The predicted molar refractivity (Wildman–Crippen MR) is 105 cm³/mol. The van der Waals surface area contributed by atoms with E-state index in [9.17, 15) is 4.79 Å². The summed E-state index contributed by atoms with van der Waals surface area (Å²) in [6, 6.07) is 13.8. The smallest absolute Gasteiger partial charge is 0.293 e. The molecule has 0 radical (unpaired) electrons. The summed E-state index contributed by atoms with van der Waals surface area (Å²) < 4.78 is 11.8. The van der Waals surface area contributed by atoms with Crippen LogP contribution in [0.1, 0.15) is 12.0 Å². The maximum Gasteiger partial charge on any atom is 0.293 e. The van der Waals surface area contributed by atoms with Crippen molar-refractivity contribution in [2.24, 2.45) is 0 Å². The van der Waals surface area contributed by atoms with Gasteiger partial charge in [0.1, 0.15) is 5.82 Å². The first kappa shape index (κ1) is 17.6. The van der Waals surface area contributed by atoms with Crippen LogP contribution >= 0.6 is 0 Å². The number of ether oxygens (including phenoxy) is 2. The van der Waals surface area contributed by atoms with Crippen molar-refractivity contribution in [2.75, 3.05) is 55.9 Å². The molecule has 146 valence electrons. The number of rotatable bonds is 3. The molecule has 1 amide bonds. The summed E-state index contributed by atoms with van der Waals surface area (Å²) >= 11 is 0. The molecule has 0 atom stereocenters. The predicted octanol–water partition coefficient (Wildman–Crippen LogP) is 1.80. The number of carbonyl (C=O) groups excluding carboxylic acids is 1. The highest BCUT2D eigenvalue weighted by Crippen LogP contribution is 2.45. The Labute approximate surface area is 164 Å². The fraction of sp³-hybridized carbons (Fsp3) is 0.429. The molecule has 4 heterocycles. The van der Waals surface area contributed by atoms with Gasteiger partial charge in [0.15, 0.2) is 0 Å². The van der Waals surface area contributed by atoms with Crippen LogP contribution in [0.3, 0.4) is 0 Å². The number of amides is 1. The standard InChI is InChI=1S/C21H24N4O3/c26-20-21(27-14-5-15-28-21)17-6-1-2-7-18(17)25(20)16-23-10-12-24(13-11-23)19-8-3-4-9-22-19/h1-4,6-9H,5,10-16H2. The lowest BCUT2D eigenvalue weighted by Crippen LogP contribution is -2.53. The molecule has 7 nitrogen and oxygen atoms in total. The Hall–Kier alpha value is -2.48. The highest BCUT2D eigenvalue weighted by Gasteiger charge is 2.55. The number of hydrogen-bond donors (Lipinski definition) is 0. The highest BCUT2D eigenvalue weighted by atomic mass is 16.7. The Balaban J connectivity index is 1.32. The van der Waals surface area contributed by atoms with E-state index >= 15 is 0 Å². The van der Waals surface area contributed by atoms with Crippen LogP contribution in [0.2, 0.25) is 0 Å². The van der Waals surface area contributed by atoms with Gasteiger partial charge < -0.3 is 14.4 Å². The SMILES string of the molecule is O=C1N(CN2CCN(c3ccccn3)CC2)c2ccccc2C12OCCCO2. The monoisotopic (exact) mass is 380 g/mol. The second-order valence-corrected chi connectivity index (χ2v) is 7.35. The van der Waals surface area contributed by atoms with Gasteiger partial charge in [0, 0.05) is 37.9 Å². The van der Waals surface area contributed by atoms with E-state index in [-0.39, 0.29) is 5.91 Å². The van der Waals surface area contributed by atoms with E-state index in [1.54, 1.807) is 0 Å². The summed E-state index contributed by atoms with van der Waals surface area (Å²) in [6.45, 7) is 5.14. The third-order valence-corrected chi connectivity index (χ3v) is 5.66. The Kier molecular flexibility index (Phi) is 4.50. The number of benzene rings is 1. The first-order valence-corrected chi connectivity index (χ1v) is 9.86. The summed E-state index contributed by atoms with van der Waals surface area (Å²) in [7, 11) is 0. The van der Waals surface area contributed by atoms with E-state index in [4.69, 9.17) is 9.47 Å². The average Bonchev–Trinajstić information content (AvgIpc) is 2.98. The van der Waals surface area contributed by atoms with Crippen LogP contribution in [-0.2, 0) is 20.1 Å². The number of aromatic nitrogens is 1. The molecule has 2 fully saturated rings. The molecule has 28 heavy (non-hydrogen) atoms. The van der Waals surface area contributed by atoms with E-state index < -0.39 is 5.79 Å². The lowest BCUT2D eigenvalue weighted by atomic mass is 10.1. The lowest BCUT2D eigenvalue weighted by molar-refractivity contribution is -0.256. The van der Waals surface area contributed by atoms with Gasteiger partial charge in [-0.3, -0.25) is 14.6 Å². The molecule has 0 N–H and O–H groups in total. The van der Waals surface area contributed by atoms with Gasteiger partial charge in [0.05, 0.1) is 25.6 Å². The van der Waals surface area contributed by atoms with Gasteiger partial charge in [-0.2, -0.15) is 0 Å². The van der Waals surface area contributed by atoms with Gasteiger partial charge in [0.2, 0.25) is 0 Å². The van der Waals surface area contributed by atoms with Crippen molar-refractivity contribution in [3.8, 4) is 0 Å². The minimum Gasteiger partial charge on any atom is -0.354 e. The zero-order valence-electron chi connectivity index (χ0n) is 15.8. The van der Waals surface area contributed by atoms with Crippen molar-refractivity contribution in [1.82, 2.24) is 9.88 Å². The van der Waals surface area contributed by atoms with Crippen LogP contribution in [0.15, 0.2) is 48.7 Å². The Morgan fingerprint density at radius 2 is 1.71 bits per heavy atom. The molecule has 1 aromatic heterocycles. The molecule has 1 aromatic carbocycles. The molecule has 0 bridgehead atoms. The van der Waals surface area contributed by atoms with Gasteiger partial charge in [-0.15, -0.1) is 0 Å². The van der Waals surface area contributed by atoms with E-state index in [0.717, 1.165) is 49.7 Å². The number of anilines is 2. The van der Waals surface area contributed by atoms with Crippen molar-refractivity contribution in [3.63, 3.8) is 0 Å². The fourth-order valence-electron chi connectivity index (χ4n) is 4.20. The number of pyridine rings is 1. The largest absolute Gasteiger partial charge is 0.354 e. The summed E-state index contributed by atoms with van der Waals surface area (Å²) in [5, 5.41) is 0. The Morgan fingerprint density at radius 3 is 2.46 bits per heavy atom. The van der Waals surface area contributed by atoms with Crippen LogP contribution in [0.25, 0.3) is 0 Å². The summed E-state index contributed by atoms with van der Waals surface area (Å²) in [6.07, 6.45) is 2.64. The molecule has 0 unspecified atom stereocenters. The van der Waals surface area contributed by atoms with Crippen LogP contribution in [0.4, 0.5) is 11.5 Å². The van der Waals surface area contributed by atoms with Crippen LogP contribution in [0, 0.1) is 0 Å². The molecule has 5 rings (SSSR count). The van der Waals surface area contributed by atoms with Crippen LogP contribution in [0.5, 0.6) is 0 Å².